The van der Waals surface area contributed by atoms with Gasteiger partial charge in [-0.2, -0.15) is 0 Å². The standard InChI is InChI=1S/AsO5P/c2-1-4-7(3,5-1)6-1. The van der Waals surface area contributed by atoms with Crippen molar-refractivity contribution in [2.24, 2.45) is 0 Å². The van der Waals surface area contributed by atoms with Crippen LogP contribution in [0.2, 0.25) is 0 Å². The first-order valence-corrected chi connectivity index (χ1v) is 5.99. The van der Waals surface area contributed by atoms with Crippen molar-refractivity contribution < 1.29 is 18.8 Å². The number of hydrogen-bond acceptors (Lipinski definition) is 5. The fourth-order valence-electron chi connectivity index (χ4n) is 0.386. The molecule has 3 aliphatic rings. The van der Waals surface area contributed by atoms with Gasteiger partial charge in [0.1, 0.15) is 0 Å². The van der Waals surface area contributed by atoms with Gasteiger partial charge in [0.25, 0.3) is 0 Å². The SMILES string of the molecule is O=P12O[As](=O)(O1)O2. The molecule has 3 fully saturated rings. The summed E-state index contributed by atoms with van der Waals surface area (Å²) in [7, 11) is -3.12. The van der Waals surface area contributed by atoms with Crippen LogP contribution in [0, 0.1) is 0 Å². The molecule has 0 amide bonds. The van der Waals surface area contributed by atoms with Crippen molar-refractivity contribution in [2.75, 3.05) is 0 Å². The van der Waals surface area contributed by atoms with Gasteiger partial charge in [-0.1, -0.05) is 0 Å². The molecule has 0 atom stereocenters. The number of rotatable bonds is 0. The number of hydrogen-bond donors (Lipinski definition) is 0. The summed E-state index contributed by atoms with van der Waals surface area (Å²) in [5.74, 6) is 0. The van der Waals surface area contributed by atoms with Crippen LogP contribution in [-0.2, 0) is 18.8 Å². The Labute approximate surface area is 41.9 Å². The third-order valence-electron chi connectivity index (χ3n) is 0.600. The van der Waals surface area contributed by atoms with E-state index in [9.17, 15) is 8.30 Å². The van der Waals surface area contributed by atoms with E-state index in [0.29, 0.717) is 0 Å². The normalized spacial score (nSPS) is 65.7. The van der Waals surface area contributed by atoms with E-state index in [4.69, 9.17) is 0 Å². The van der Waals surface area contributed by atoms with Gasteiger partial charge in [-0.15, -0.1) is 0 Å². The molecule has 7 heteroatoms. The summed E-state index contributed by atoms with van der Waals surface area (Å²) in [5.41, 5.74) is 0. The Balaban J connectivity index is 2.47. The van der Waals surface area contributed by atoms with Gasteiger partial charge in [0.05, 0.1) is 0 Å². The van der Waals surface area contributed by atoms with Gasteiger partial charge < -0.3 is 0 Å². The second-order valence-corrected chi connectivity index (χ2v) is 7.48. The molecule has 5 nitrogen and oxygen atoms in total. The van der Waals surface area contributed by atoms with Crippen molar-refractivity contribution in [1.82, 2.24) is 0 Å². The maximum absolute atomic E-state index is 10.2. The van der Waals surface area contributed by atoms with Crippen LogP contribution < -0.4 is 0 Å². The van der Waals surface area contributed by atoms with Crippen molar-refractivity contribution in [3.63, 3.8) is 0 Å². The van der Waals surface area contributed by atoms with Crippen LogP contribution >= 0.6 is 7.82 Å². The van der Waals surface area contributed by atoms with Crippen LogP contribution in [0.3, 0.4) is 0 Å². The molecule has 7 heavy (non-hydrogen) atoms. The molecule has 3 saturated heterocycles. The Hall–Kier alpha value is 0.468. The molecule has 2 bridgehead atoms. The molecule has 3 rings (SSSR count). The summed E-state index contributed by atoms with van der Waals surface area (Å²) < 4.78 is 32.7. The van der Waals surface area contributed by atoms with E-state index in [2.05, 4.69) is 10.5 Å². The average Bonchev–Trinajstić information content (AvgIpc) is 1.27. The van der Waals surface area contributed by atoms with E-state index in [-0.39, 0.29) is 0 Å². The molecule has 3 aliphatic heterocycles. The van der Waals surface area contributed by atoms with Crippen LogP contribution in [0.15, 0.2) is 0 Å². The molecule has 0 aliphatic carbocycles. The van der Waals surface area contributed by atoms with Crippen molar-refractivity contribution in [3.8, 4) is 0 Å². The van der Waals surface area contributed by atoms with Crippen molar-refractivity contribution >= 4 is 22.3 Å². The van der Waals surface area contributed by atoms with Gasteiger partial charge in [0.15, 0.2) is 0 Å². The van der Waals surface area contributed by atoms with Crippen LogP contribution in [0.1, 0.15) is 0 Å². The summed E-state index contributed by atoms with van der Waals surface area (Å²) >= 11 is -3.68. The van der Waals surface area contributed by atoms with Gasteiger partial charge in [-0.25, -0.2) is 0 Å². The summed E-state index contributed by atoms with van der Waals surface area (Å²) in [6.45, 7) is 0. The van der Waals surface area contributed by atoms with Gasteiger partial charge in [-0.3, -0.25) is 0 Å². The van der Waals surface area contributed by atoms with E-state index in [1.807, 2.05) is 0 Å². The quantitative estimate of drug-likeness (QED) is 0.394. The van der Waals surface area contributed by atoms with Crippen molar-refractivity contribution in [1.29, 1.82) is 0 Å². The molecular weight excluding hydrogens is 186 g/mol. The third kappa shape index (κ3) is 0.379. The third-order valence-corrected chi connectivity index (χ3v) is 9.35. The fourth-order valence-corrected chi connectivity index (χ4v) is 6.01. The summed E-state index contributed by atoms with van der Waals surface area (Å²) in [6.07, 6.45) is 0. The van der Waals surface area contributed by atoms with E-state index in [0.717, 1.165) is 0 Å². The molecule has 40 valence electrons. The Morgan fingerprint density at radius 2 is 1.71 bits per heavy atom. The summed E-state index contributed by atoms with van der Waals surface area (Å²) in [4.78, 5) is 0. The summed E-state index contributed by atoms with van der Waals surface area (Å²) in [6, 6.07) is 0. The maximum atomic E-state index is 10.2. The Kier molecular flexibility index (Phi) is 0.503. The summed E-state index contributed by atoms with van der Waals surface area (Å²) in [5, 5.41) is 0. The van der Waals surface area contributed by atoms with E-state index in [1.165, 1.54) is 0 Å². The molecule has 0 radical (unpaired) electrons. The van der Waals surface area contributed by atoms with E-state index < -0.39 is 22.3 Å². The zero-order valence-electron chi connectivity index (χ0n) is 2.94. The fraction of sp³-hybridized carbons (Fsp3) is 0. The van der Waals surface area contributed by atoms with Crippen LogP contribution in [0.25, 0.3) is 0 Å². The molecule has 0 aromatic rings. The van der Waals surface area contributed by atoms with Gasteiger partial charge in [0.2, 0.25) is 0 Å². The molecule has 0 N–H and O–H groups in total. The van der Waals surface area contributed by atoms with Gasteiger partial charge in [-0.05, 0) is 0 Å². The zero-order chi connectivity index (χ0) is 5.12. The Bertz CT molecular complexity index is 151. The zero-order valence-corrected chi connectivity index (χ0v) is 5.71. The van der Waals surface area contributed by atoms with Gasteiger partial charge >= 0.3 is 41.2 Å². The van der Waals surface area contributed by atoms with Crippen molar-refractivity contribution in [2.45, 2.75) is 0 Å². The van der Waals surface area contributed by atoms with Crippen LogP contribution in [0.4, 0.5) is 0 Å². The second-order valence-electron chi connectivity index (χ2n) is 1.14. The Morgan fingerprint density at radius 1 is 1.29 bits per heavy atom. The predicted molar refractivity (Wildman–Crippen MR) is 17.3 cm³/mol. The first-order valence-electron chi connectivity index (χ1n) is 1.46. The van der Waals surface area contributed by atoms with Crippen molar-refractivity contribution in [3.05, 3.63) is 0 Å². The predicted octanol–water partition coefficient (Wildman–Crippen LogP) is 0.0376. The van der Waals surface area contributed by atoms with Crippen LogP contribution in [0.5, 0.6) is 0 Å². The topological polar surface area (TPSA) is 61.8 Å². The molecule has 0 saturated carbocycles. The number of phosphoric acid groups is 1. The minimum atomic E-state index is -3.68. The molecular formula is AsO5P. The minimum absolute atomic E-state index is 3.12. The molecule has 0 aromatic carbocycles. The average molecular weight is 186 g/mol. The first kappa shape index (κ1) is 4.36. The molecule has 0 spiro atoms. The molecule has 0 unspecified atom stereocenters. The second kappa shape index (κ2) is 0.808. The monoisotopic (exact) mass is 186 g/mol. The Morgan fingerprint density at radius 3 is 1.71 bits per heavy atom. The van der Waals surface area contributed by atoms with Gasteiger partial charge in [0, 0.05) is 0 Å². The van der Waals surface area contributed by atoms with Crippen LogP contribution in [-0.4, -0.2) is 14.5 Å². The van der Waals surface area contributed by atoms with E-state index >= 15 is 0 Å². The first-order chi connectivity index (χ1) is 3.12. The molecule has 3 heterocycles. The van der Waals surface area contributed by atoms with E-state index in [1.54, 1.807) is 0 Å². The molecule has 0 aromatic heterocycles.